The lowest BCUT2D eigenvalue weighted by molar-refractivity contribution is -0.133. The van der Waals surface area contributed by atoms with Gasteiger partial charge in [0.15, 0.2) is 0 Å². The summed E-state index contributed by atoms with van der Waals surface area (Å²) in [5, 5.41) is 7.84. The number of hydrogen-bond donors (Lipinski definition) is 5. The average Bonchev–Trinajstić information content (AvgIpc) is 2.64. The summed E-state index contributed by atoms with van der Waals surface area (Å²) >= 11 is 0. The fraction of sp³-hybridized carbons (Fsp3) is 0.800. The number of nitrogens with one attached hydrogen (secondary N) is 3. The van der Waals surface area contributed by atoms with Crippen molar-refractivity contribution in [1.82, 2.24) is 16.0 Å². The lowest BCUT2D eigenvalue weighted by atomic mass is 9.99. The van der Waals surface area contributed by atoms with Gasteiger partial charge in [-0.1, -0.05) is 34.1 Å². The van der Waals surface area contributed by atoms with E-state index in [1.165, 1.54) is 0 Å². The van der Waals surface area contributed by atoms with Crippen LogP contribution in [0.25, 0.3) is 0 Å². The van der Waals surface area contributed by atoms with Crippen LogP contribution in [0, 0.1) is 11.8 Å². The smallest absolute Gasteiger partial charge is 0.243 e. The normalized spacial score (nSPS) is 14.2. The van der Waals surface area contributed by atoms with Crippen molar-refractivity contribution >= 4 is 24.0 Å². The molecule has 0 aromatic heterocycles. The van der Waals surface area contributed by atoms with E-state index >= 15 is 0 Å². The van der Waals surface area contributed by atoms with Crippen LogP contribution in [0.5, 0.6) is 0 Å². The van der Waals surface area contributed by atoms with E-state index < -0.39 is 35.8 Å². The van der Waals surface area contributed by atoms with E-state index in [0.717, 1.165) is 12.8 Å². The number of amides is 3. The molecule has 167 valence electrons. The Labute approximate surface area is 174 Å². The van der Waals surface area contributed by atoms with Gasteiger partial charge >= 0.3 is 0 Å². The van der Waals surface area contributed by atoms with Crippen molar-refractivity contribution in [2.24, 2.45) is 23.3 Å². The van der Waals surface area contributed by atoms with Gasteiger partial charge < -0.3 is 27.4 Å². The van der Waals surface area contributed by atoms with Crippen molar-refractivity contribution in [1.29, 1.82) is 0 Å². The van der Waals surface area contributed by atoms with Crippen LogP contribution in [0.1, 0.15) is 59.8 Å². The first-order valence-electron chi connectivity index (χ1n) is 10.3. The second-order valence-electron chi connectivity index (χ2n) is 8.13. The molecule has 0 heterocycles. The topological polar surface area (TPSA) is 156 Å². The van der Waals surface area contributed by atoms with Crippen molar-refractivity contribution < 1.29 is 19.2 Å². The fourth-order valence-corrected chi connectivity index (χ4v) is 2.84. The number of hydrogen-bond acceptors (Lipinski definition) is 6. The zero-order chi connectivity index (χ0) is 22.4. The summed E-state index contributed by atoms with van der Waals surface area (Å²) in [6.07, 6.45) is 4.40. The monoisotopic (exact) mass is 412 g/mol. The van der Waals surface area contributed by atoms with Crippen LogP contribution in [0.2, 0.25) is 0 Å². The number of carbonyl (C=O) groups is 3. The van der Waals surface area contributed by atoms with Crippen LogP contribution in [-0.4, -0.2) is 55.2 Å². The second kappa shape index (κ2) is 14.9. The SMILES string of the molecule is CC(C)CC(NC(=O)C(N)CCCCN)C(=O)NC(CC(C)C)C(=O)NC[C]=O. The van der Waals surface area contributed by atoms with E-state index in [9.17, 15) is 19.2 Å². The first kappa shape index (κ1) is 27.0. The Kier molecular flexibility index (Phi) is 13.9. The van der Waals surface area contributed by atoms with E-state index in [2.05, 4.69) is 16.0 Å². The summed E-state index contributed by atoms with van der Waals surface area (Å²) in [4.78, 5) is 47.9. The molecule has 7 N–H and O–H groups in total. The predicted octanol–water partition coefficient (Wildman–Crippen LogP) is -0.270. The highest BCUT2D eigenvalue weighted by Crippen LogP contribution is 2.09. The fourth-order valence-electron chi connectivity index (χ4n) is 2.84. The third kappa shape index (κ3) is 12.2. The molecule has 0 saturated heterocycles. The maximum Gasteiger partial charge on any atom is 0.243 e. The molecule has 0 aliphatic rings. The van der Waals surface area contributed by atoms with E-state index in [4.69, 9.17) is 11.5 Å². The summed E-state index contributed by atoms with van der Waals surface area (Å²) in [5.41, 5.74) is 11.4. The third-order valence-corrected chi connectivity index (χ3v) is 4.32. The van der Waals surface area contributed by atoms with Crippen LogP contribution in [0.15, 0.2) is 0 Å². The molecule has 0 saturated carbocycles. The van der Waals surface area contributed by atoms with Crippen LogP contribution < -0.4 is 27.4 Å². The molecule has 0 bridgehead atoms. The maximum atomic E-state index is 12.8. The Hall–Kier alpha value is -2.00. The van der Waals surface area contributed by atoms with E-state index in [-0.39, 0.29) is 18.4 Å². The van der Waals surface area contributed by atoms with Gasteiger partial charge in [0.1, 0.15) is 12.1 Å². The molecular formula is C20H38N5O4. The molecule has 0 aliphatic heterocycles. The van der Waals surface area contributed by atoms with Gasteiger partial charge in [-0.15, -0.1) is 0 Å². The highest BCUT2D eigenvalue weighted by molar-refractivity contribution is 5.93. The number of nitrogens with two attached hydrogens (primary N) is 2. The standard InChI is InChI=1S/C20H38N5O4/c1-13(2)11-16(19(28)23-9-10-26)25-20(29)17(12-14(3)4)24-18(27)15(22)7-5-6-8-21/h13-17H,5-9,11-12,21-22H2,1-4H3,(H,23,28)(H,24,27)(H,25,29). The van der Waals surface area contributed by atoms with E-state index in [1.54, 1.807) is 6.29 Å². The highest BCUT2D eigenvalue weighted by atomic mass is 16.2. The Morgan fingerprint density at radius 3 is 1.86 bits per heavy atom. The molecule has 0 aromatic rings. The molecule has 3 atom stereocenters. The minimum atomic E-state index is -0.805. The second-order valence-corrected chi connectivity index (χ2v) is 8.13. The van der Waals surface area contributed by atoms with Crippen LogP contribution in [0.3, 0.4) is 0 Å². The molecule has 0 rings (SSSR count). The molecule has 0 aliphatic carbocycles. The highest BCUT2D eigenvalue weighted by Gasteiger charge is 2.28. The number of rotatable bonds is 15. The molecule has 0 spiro atoms. The van der Waals surface area contributed by atoms with Crippen molar-refractivity contribution in [2.45, 2.75) is 77.9 Å². The molecule has 9 nitrogen and oxygen atoms in total. The molecular weight excluding hydrogens is 374 g/mol. The van der Waals surface area contributed by atoms with E-state index in [0.29, 0.717) is 25.8 Å². The minimum Gasteiger partial charge on any atom is -0.347 e. The molecule has 0 aromatic carbocycles. The van der Waals surface area contributed by atoms with Gasteiger partial charge in [0.25, 0.3) is 0 Å². The van der Waals surface area contributed by atoms with Crippen molar-refractivity contribution in [3.05, 3.63) is 0 Å². The first-order valence-corrected chi connectivity index (χ1v) is 10.3. The zero-order valence-corrected chi connectivity index (χ0v) is 18.1. The van der Waals surface area contributed by atoms with Crippen molar-refractivity contribution in [2.75, 3.05) is 13.1 Å². The van der Waals surface area contributed by atoms with Crippen LogP contribution in [0.4, 0.5) is 0 Å². The average molecular weight is 413 g/mol. The van der Waals surface area contributed by atoms with Crippen LogP contribution >= 0.6 is 0 Å². The van der Waals surface area contributed by atoms with Gasteiger partial charge in [-0.05, 0) is 44.1 Å². The van der Waals surface area contributed by atoms with Gasteiger partial charge in [-0.3, -0.25) is 19.2 Å². The lowest BCUT2D eigenvalue weighted by Crippen LogP contribution is -2.56. The molecule has 1 radical (unpaired) electrons. The molecule has 9 heteroatoms. The van der Waals surface area contributed by atoms with Crippen molar-refractivity contribution in [3.8, 4) is 0 Å². The molecule has 29 heavy (non-hydrogen) atoms. The van der Waals surface area contributed by atoms with Gasteiger partial charge in [0, 0.05) is 0 Å². The van der Waals surface area contributed by atoms with Gasteiger partial charge in [0.2, 0.25) is 24.0 Å². The summed E-state index contributed by atoms with van der Waals surface area (Å²) < 4.78 is 0. The number of carbonyl (C=O) groups excluding carboxylic acids is 4. The number of unbranched alkanes of at least 4 members (excludes halogenated alkanes) is 1. The zero-order valence-electron chi connectivity index (χ0n) is 18.1. The summed E-state index contributed by atoms with van der Waals surface area (Å²) in [5.74, 6) is -1.02. The third-order valence-electron chi connectivity index (χ3n) is 4.32. The van der Waals surface area contributed by atoms with Gasteiger partial charge in [-0.25, -0.2) is 0 Å². The quantitative estimate of drug-likeness (QED) is 0.233. The van der Waals surface area contributed by atoms with E-state index in [1.807, 2.05) is 27.7 Å². The van der Waals surface area contributed by atoms with Gasteiger partial charge in [0.05, 0.1) is 12.6 Å². The Bertz CT molecular complexity index is 525. The lowest BCUT2D eigenvalue weighted by Gasteiger charge is -2.25. The van der Waals surface area contributed by atoms with Gasteiger partial charge in [-0.2, -0.15) is 0 Å². The maximum absolute atomic E-state index is 12.8. The largest absolute Gasteiger partial charge is 0.347 e. The summed E-state index contributed by atoms with van der Waals surface area (Å²) in [6, 6.07) is -2.33. The Balaban J connectivity index is 5.11. The predicted molar refractivity (Wildman–Crippen MR) is 112 cm³/mol. The molecule has 3 unspecified atom stereocenters. The first-order chi connectivity index (χ1) is 13.6. The molecule has 3 amide bonds. The molecule has 0 fully saturated rings. The summed E-state index contributed by atoms with van der Waals surface area (Å²) in [6.45, 7) is 8.01. The minimum absolute atomic E-state index is 0.139. The Morgan fingerprint density at radius 1 is 0.862 bits per heavy atom. The van der Waals surface area contributed by atoms with Crippen molar-refractivity contribution in [3.63, 3.8) is 0 Å². The Morgan fingerprint density at radius 2 is 1.38 bits per heavy atom. The van der Waals surface area contributed by atoms with Crippen LogP contribution in [-0.2, 0) is 19.2 Å². The summed E-state index contributed by atoms with van der Waals surface area (Å²) in [7, 11) is 0.